The van der Waals surface area contributed by atoms with Gasteiger partial charge >= 0.3 is 0 Å². The van der Waals surface area contributed by atoms with E-state index in [0.717, 1.165) is 5.56 Å². The third kappa shape index (κ3) is 3.80. The minimum Gasteiger partial charge on any atom is -0.493 e. The lowest BCUT2D eigenvalue weighted by atomic mass is 10.1. The molecular weight excluding hydrogens is 382 g/mol. The highest BCUT2D eigenvalue weighted by Crippen LogP contribution is 2.27. The molecule has 0 spiro atoms. The SMILES string of the molecule is CCn1nc(C(=O)NCc2ccc(OC)c(OC)c2)c(=O)c2cc(Cl)ccc21. The van der Waals surface area contributed by atoms with Gasteiger partial charge in [-0.1, -0.05) is 17.7 Å². The third-order valence-electron chi connectivity index (χ3n) is 4.33. The first kappa shape index (κ1) is 19.7. The molecule has 3 rings (SSSR count). The lowest BCUT2D eigenvalue weighted by Gasteiger charge is -2.12. The zero-order valence-corrected chi connectivity index (χ0v) is 16.5. The van der Waals surface area contributed by atoms with Crippen LogP contribution in [0.3, 0.4) is 0 Å². The van der Waals surface area contributed by atoms with Crippen molar-refractivity contribution in [2.45, 2.75) is 20.0 Å². The molecule has 0 unspecified atom stereocenters. The van der Waals surface area contributed by atoms with Crippen LogP contribution in [-0.4, -0.2) is 29.9 Å². The Labute approximate surface area is 166 Å². The zero-order valence-electron chi connectivity index (χ0n) is 15.8. The number of carbonyl (C=O) groups excluding carboxylic acids is 1. The quantitative estimate of drug-likeness (QED) is 0.686. The number of aryl methyl sites for hydroxylation is 1. The second-order valence-electron chi connectivity index (χ2n) is 6.03. The molecule has 8 heteroatoms. The predicted octanol–water partition coefficient (Wildman–Crippen LogP) is 3.02. The minimum absolute atomic E-state index is 0.169. The van der Waals surface area contributed by atoms with Gasteiger partial charge in [0.05, 0.1) is 25.1 Å². The Morgan fingerprint density at radius 3 is 2.57 bits per heavy atom. The van der Waals surface area contributed by atoms with E-state index in [1.165, 1.54) is 7.11 Å². The Morgan fingerprint density at radius 1 is 1.14 bits per heavy atom. The molecule has 0 aliphatic rings. The summed E-state index contributed by atoms with van der Waals surface area (Å²) in [7, 11) is 3.09. The van der Waals surface area contributed by atoms with Crippen LogP contribution in [0.1, 0.15) is 23.0 Å². The highest BCUT2D eigenvalue weighted by Gasteiger charge is 2.17. The maximum Gasteiger partial charge on any atom is 0.276 e. The van der Waals surface area contributed by atoms with Crippen LogP contribution in [0.15, 0.2) is 41.2 Å². The van der Waals surface area contributed by atoms with Gasteiger partial charge in [0.2, 0.25) is 5.43 Å². The number of carbonyl (C=O) groups is 1. The highest BCUT2D eigenvalue weighted by atomic mass is 35.5. The smallest absolute Gasteiger partial charge is 0.276 e. The molecule has 0 bridgehead atoms. The topological polar surface area (TPSA) is 82.5 Å². The number of hydrogen-bond donors (Lipinski definition) is 1. The number of aromatic nitrogens is 2. The van der Waals surface area contributed by atoms with Gasteiger partial charge in [-0.2, -0.15) is 5.10 Å². The van der Waals surface area contributed by atoms with Crippen molar-refractivity contribution in [1.29, 1.82) is 0 Å². The van der Waals surface area contributed by atoms with Crippen LogP contribution in [0, 0.1) is 0 Å². The van der Waals surface area contributed by atoms with Crippen LogP contribution in [0.2, 0.25) is 5.02 Å². The number of ether oxygens (including phenoxy) is 2. The number of nitrogens with zero attached hydrogens (tertiary/aromatic N) is 2. The van der Waals surface area contributed by atoms with E-state index in [9.17, 15) is 9.59 Å². The predicted molar refractivity (Wildman–Crippen MR) is 107 cm³/mol. The maximum atomic E-state index is 12.8. The number of amides is 1. The summed E-state index contributed by atoms with van der Waals surface area (Å²) in [5.41, 5.74) is 0.808. The molecule has 146 valence electrons. The summed E-state index contributed by atoms with van der Waals surface area (Å²) in [4.78, 5) is 25.4. The Balaban J connectivity index is 1.90. The number of hydrogen-bond acceptors (Lipinski definition) is 5. The average molecular weight is 402 g/mol. The Hall–Kier alpha value is -3.06. The molecule has 2 aromatic carbocycles. The van der Waals surface area contributed by atoms with E-state index in [1.54, 1.807) is 48.2 Å². The number of methoxy groups -OCH3 is 2. The fourth-order valence-electron chi connectivity index (χ4n) is 2.91. The van der Waals surface area contributed by atoms with Gasteiger partial charge in [0.1, 0.15) is 0 Å². The summed E-state index contributed by atoms with van der Waals surface area (Å²) in [5.74, 6) is 0.599. The Kier molecular flexibility index (Phi) is 5.84. The normalized spacial score (nSPS) is 10.7. The summed E-state index contributed by atoms with van der Waals surface area (Å²) < 4.78 is 12.1. The van der Waals surface area contributed by atoms with E-state index in [4.69, 9.17) is 21.1 Å². The van der Waals surface area contributed by atoms with Crippen LogP contribution in [0.4, 0.5) is 0 Å². The second-order valence-corrected chi connectivity index (χ2v) is 6.46. The van der Waals surface area contributed by atoms with Gasteiger partial charge in [0.25, 0.3) is 5.91 Å². The van der Waals surface area contributed by atoms with E-state index in [0.29, 0.717) is 34.0 Å². The van der Waals surface area contributed by atoms with Gasteiger partial charge < -0.3 is 14.8 Å². The monoisotopic (exact) mass is 401 g/mol. The molecule has 0 aliphatic carbocycles. The first-order chi connectivity index (χ1) is 13.5. The van der Waals surface area contributed by atoms with Gasteiger partial charge in [-0.3, -0.25) is 14.3 Å². The van der Waals surface area contributed by atoms with Gasteiger partial charge in [-0.25, -0.2) is 0 Å². The molecule has 0 fully saturated rings. The van der Waals surface area contributed by atoms with Crippen LogP contribution >= 0.6 is 11.6 Å². The van der Waals surface area contributed by atoms with Crippen molar-refractivity contribution in [3.63, 3.8) is 0 Å². The zero-order chi connectivity index (χ0) is 20.3. The molecule has 28 heavy (non-hydrogen) atoms. The van der Waals surface area contributed by atoms with Crippen LogP contribution in [-0.2, 0) is 13.1 Å². The Bertz CT molecular complexity index is 1090. The van der Waals surface area contributed by atoms with Gasteiger partial charge in [-0.15, -0.1) is 0 Å². The van der Waals surface area contributed by atoms with Crippen molar-refractivity contribution in [2.24, 2.45) is 0 Å². The summed E-state index contributed by atoms with van der Waals surface area (Å²) in [6.45, 7) is 2.60. The number of nitrogens with one attached hydrogen (secondary N) is 1. The first-order valence-electron chi connectivity index (χ1n) is 8.68. The van der Waals surface area contributed by atoms with Crippen molar-refractivity contribution in [3.8, 4) is 11.5 Å². The molecule has 1 heterocycles. The van der Waals surface area contributed by atoms with Crippen molar-refractivity contribution >= 4 is 28.4 Å². The second kappa shape index (κ2) is 8.31. The minimum atomic E-state index is -0.552. The summed E-state index contributed by atoms with van der Waals surface area (Å²) >= 11 is 6.02. The summed E-state index contributed by atoms with van der Waals surface area (Å²) in [6, 6.07) is 10.3. The number of halogens is 1. The van der Waals surface area contributed by atoms with Crippen molar-refractivity contribution in [1.82, 2.24) is 15.1 Å². The van der Waals surface area contributed by atoms with Crippen LogP contribution in [0.25, 0.3) is 10.9 Å². The molecule has 0 radical (unpaired) electrons. The number of benzene rings is 2. The van der Waals surface area contributed by atoms with E-state index in [1.807, 2.05) is 6.92 Å². The molecule has 7 nitrogen and oxygen atoms in total. The number of rotatable bonds is 6. The molecular formula is C20H20ClN3O4. The molecule has 0 aliphatic heterocycles. The van der Waals surface area contributed by atoms with Crippen molar-refractivity contribution in [3.05, 3.63) is 62.9 Å². The molecule has 0 saturated carbocycles. The average Bonchev–Trinajstić information content (AvgIpc) is 2.72. The first-order valence-corrected chi connectivity index (χ1v) is 9.05. The number of fused-ring (bicyclic) bond motifs is 1. The van der Waals surface area contributed by atoms with Crippen molar-refractivity contribution in [2.75, 3.05) is 14.2 Å². The van der Waals surface area contributed by atoms with Gasteiger partial charge in [0, 0.05) is 18.1 Å². The molecule has 1 amide bonds. The summed E-state index contributed by atoms with van der Waals surface area (Å²) in [5, 5.41) is 7.75. The highest BCUT2D eigenvalue weighted by molar-refractivity contribution is 6.31. The lowest BCUT2D eigenvalue weighted by molar-refractivity contribution is 0.0942. The lowest BCUT2D eigenvalue weighted by Crippen LogP contribution is -2.31. The largest absolute Gasteiger partial charge is 0.493 e. The molecule has 0 saturated heterocycles. The fraction of sp³-hybridized carbons (Fsp3) is 0.250. The van der Waals surface area contributed by atoms with E-state index in [2.05, 4.69) is 10.4 Å². The molecule has 1 N–H and O–H groups in total. The van der Waals surface area contributed by atoms with Gasteiger partial charge in [0.15, 0.2) is 17.2 Å². The molecule has 1 aromatic heterocycles. The van der Waals surface area contributed by atoms with E-state index < -0.39 is 11.3 Å². The molecule has 3 aromatic rings. The fourth-order valence-corrected chi connectivity index (χ4v) is 3.08. The van der Waals surface area contributed by atoms with Gasteiger partial charge in [-0.05, 0) is 42.8 Å². The van der Waals surface area contributed by atoms with E-state index >= 15 is 0 Å². The van der Waals surface area contributed by atoms with Crippen LogP contribution < -0.4 is 20.2 Å². The van der Waals surface area contributed by atoms with Crippen molar-refractivity contribution < 1.29 is 14.3 Å². The maximum absolute atomic E-state index is 12.8. The molecule has 0 atom stereocenters. The van der Waals surface area contributed by atoms with Crippen LogP contribution in [0.5, 0.6) is 11.5 Å². The standard InChI is InChI=1S/C20H20ClN3O4/c1-4-24-15-7-6-13(21)10-14(15)19(25)18(23-24)20(26)22-11-12-5-8-16(27-2)17(9-12)28-3/h5-10H,4,11H2,1-3H3,(H,22,26). The summed E-state index contributed by atoms with van der Waals surface area (Å²) in [6.07, 6.45) is 0. The van der Waals surface area contributed by atoms with E-state index in [-0.39, 0.29) is 12.2 Å². The Morgan fingerprint density at radius 2 is 1.89 bits per heavy atom. The third-order valence-corrected chi connectivity index (χ3v) is 4.57.